The van der Waals surface area contributed by atoms with Crippen LogP contribution in [0.4, 0.5) is 10.5 Å². The van der Waals surface area contributed by atoms with Gasteiger partial charge in [-0.25, -0.2) is 4.79 Å². The number of allylic oxidation sites excluding steroid dienone is 2. The molecule has 1 aliphatic heterocycles. The van der Waals surface area contributed by atoms with Crippen LogP contribution in [0.3, 0.4) is 0 Å². The van der Waals surface area contributed by atoms with Gasteiger partial charge in [-0.15, -0.1) is 0 Å². The van der Waals surface area contributed by atoms with Crippen LogP contribution in [0.15, 0.2) is 30.3 Å². The number of amides is 2. The van der Waals surface area contributed by atoms with Crippen molar-refractivity contribution in [2.75, 3.05) is 11.9 Å². The molecule has 2 aromatic rings. The maximum absolute atomic E-state index is 12.6. The highest BCUT2D eigenvalue weighted by Gasteiger charge is 2.26. The van der Waals surface area contributed by atoms with Crippen molar-refractivity contribution < 1.29 is 4.79 Å². The lowest BCUT2D eigenvalue weighted by Gasteiger charge is -2.27. The molecular weight excluding hydrogens is 300 g/mol. The van der Waals surface area contributed by atoms with Gasteiger partial charge in [-0.1, -0.05) is 18.2 Å². The summed E-state index contributed by atoms with van der Waals surface area (Å²) in [5.41, 5.74) is 6.74. The van der Waals surface area contributed by atoms with Crippen molar-refractivity contribution in [2.24, 2.45) is 0 Å². The summed E-state index contributed by atoms with van der Waals surface area (Å²) in [6.07, 6.45) is 6.54. The summed E-state index contributed by atoms with van der Waals surface area (Å²) >= 11 is 0. The van der Waals surface area contributed by atoms with E-state index in [1.54, 1.807) is 0 Å². The Morgan fingerprint density at radius 3 is 3.04 bits per heavy atom. The lowest BCUT2D eigenvalue weighted by Crippen LogP contribution is -2.39. The zero-order chi connectivity index (χ0) is 16.5. The maximum Gasteiger partial charge on any atom is 0.322 e. The summed E-state index contributed by atoms with van der Waals surface area (Å²) in [7, 11) is 0. The van der Waals surface area contributed by atoms with Crippen LogP contribution in [0, 0.1) is 6.92 Å². The largest absolute Gasteiger partial charge is 0.322 e. The Hall–Kier alpha value is -2.56. The van der Waals surface area contributed by atoms with Crippen molar-refractivity contribution in [1.29, 1.82) is 0 Å². The summed E-state index contributed by atoms with van der Waals surface area (Å²) in [6.45, 7) is 3.36. The van der Waals surface area contributed by atoms with E-state index in [4.69, 9.17) is 0 Å². The molecule has 4 rings (SSSR count). The first-order valence-electron chi connectivity index (χ1n) is 8.59. The molecule has 0 fully saturated rings. The number of carbonyl (C=O) groups is 1. The Bertz CT molecular complexity index is 805. The molecule has 5 nitrogen and oxygen atoms in total. The number of aromatic nitrogens is 2. The molecule has 0 radical (unpaired) electrons. The molecule has 24 heavy (non-hydrogen) atoms. The number of hydrogen-bond donors (Lipinski definition) is 2. The van der Waals surface area contributed by atoms with Crippen molar-refractivity contribution in [3.05, 3.63) is 52.9 Å². The summed E-state index contributed by atoms with van der Waals surface area (Å²) in [5, 5.41) is 10.7. The fourth-order valence-corrected chi connectivity index (χ4v) is 3.55. The number of nitrogens with zero attached hydrogens (tertiary/aromatic N) is 2. The van der Waals surface area contributed by atoms with Crippen molar-refractivity contribution in [1.82, 2.24) is 15.1 Å². The summed E-state index contributed by atoms with van der Waals surface area (Å²) in [5.74, 6) is 0. The number of rotatable bonds is 2. The highest BCUT2D eigenvalue weighted by atomic mass is 16.2. The van der Waals surface area contributed by atoms with E-state index in [9.17, 15) is 4.79 Å². The third kappa shape index (κ3) is 2.82. The second-order valence-corrected chi connectivity index (χ2v) is 6.62. The molecular formula is C19H22N4O. The second-order valence-electron chi connectivity index (χ2n) is 6.62. The lowest BCUT2D eigenvalue weighted by atomic mass is 10.0. The quantitative estimate of drug-likeness (QED) is 0.881. The Morgan fingerprint density at radius 1 is 1.33 bits per heavy atom. The molecule has 0 atom stereocenters. The number of benzene rings is 1. The van der Waals surface area contributed by atoms with Gasteiger partial charge in [-0.05, 0) is 49.5 Å². The molecule has 1 aromatic heterocycles. The van der Waals surface area contributed by atoms with Gasteiger partial charge < -0.3 is 10.2 Å². The molecule has 2 heterocycles. The topological polar surface area (TPSA) is 61.0 Å². The van der Waals surface area contributed by atoms with Gasteiger partial charge in [0.2, 0.25) is 0 Å². The molecule has 0 bridgehead atoms. The third-order valence-corrected chi connectivity index (χ3v) is 4.84. The minimum atomic E-state index is -0.0428. The fourth-order valence-electron chi connectivity index (χ4n) is 3.55. The van der Waals surface area contributed by atoms with Gasteiger partial charge in [0.15, 0.2) is 0 Å². The van der Waals surface area contributed by atoms with E-state index < -0.39 is 0 Å². The molecule has 2 N–H and O–H groups in total. The normalized spacial score (nSPS) is 16.7. The lowest BCUT2D eigenvalue weighted by molar-refractivity contribution is 0.206. The van der Waals surface area contributed by atoms with Gasteiger partial charge in [0, 0.05) is 29.9 Å². The first-order chi connectivity index (χ1) is 11.7. The van der Waals surface area contributed by atoms with Crippen LogP contribution >= 0.6 is 0 Å². The van der Waals surface area contributed by atoms with Gasteiger partial charge in [-0.2, -0.15) is 5.10 Å². The average Bonchev–Trinajstić information content (AvgIpc) is 3.23. The van der Waals surface area contributed by atoms with E-state index in [0.29, 0.717) is 13.1 Å². The predicted molar refractivity (Wildman–Crippen MR) is 94.7 cm³/mol. The number of H-pyrrole nitrogens is 1. The highest BCUT2D eigenvalue weighted by molar-refractivity contribution is 5.89. The highest BCUT2D eigenvalue weighted by Crippen LogP contribution is 2.32. The summed E-state index contributed by atoms with van der Waals surface area (Å²) < 4.78 is 0. The van der Waals surface area contributed by atoms with E-state index in [-0.39, 0.29) is 6.03 Å². The summed E-state index contributed by atoms with van der Waals surface area (Å²) in [4.78, 5) is 14.5. The number of urea groups is 1. The van der Waals surface area contributed by atoms with Crippen molar-refractivity contribution in [2.45, 2.75) is 39.2 Å². The minimum absolute atomic E-state index is 0.0428. The van der Waals surface area contributed by atoms with Gasteiger partial charge >= 0.3 is 6.03 Å². The first kappa shape index (κ1) is 15.0. The molecule has 124 valence electrons. The maximum atomic E-state index is 12.6. The van der Waals surface area contributed by atoms with Gasteiger partial charge in [0.05, 0.1) is 12.2 Å². The Morgan fingerprint density at radius 2 is 2.25 bits per heavy atom. The molecule has 2 amide bonds. The smallest absolute Gasteiger partial charge is 0.320 e. The molecule has 0 saturated heterocycles. The number of aryl methyl sites for hydroxylation is 1. The van der Waals surface area contributed by atoms with E-state index in [1.807, 2.05) is 36.1 Å². The van der Waals surface area contributed by atoms with Crippen molar-refractivity contribution in [3.63, 3.8) is 0 Å². The minimum Gasteiger partial charge on any atom is -0.320 e. The van der Waals surface area contributed by atoms with Gasteiger partial charge in [-0.3, -0.25) is 5.10 Å². The Balaban J connectivity index is 1.51. The first-order valence-corrected chi connectivity index (χ1v) is 8.59. The average molecular weight is 322 g/mol. The predicted octanol–water partition coefficient (Wildman–Crippen LogP) is 3.88. The van der Waals surface area contributed by atoms with Crippen molar-refractivity contribution >= 4 is 17.3 Å². The zero-order valence-electron chi connectivity index (χ0n) is 13.9. The van der Waals surface area contributed by atoms with Crippen LogP contribution in [-0.4, -0.2) is 27.7 Å². The van der Waals surface area contributed by atoms with Gasteiger partial charge in [0.25, 0.3) is 0 Å². The number of fused-ring (bicyclic) bond motifs is 1. The molecule has 0 spiro atoms. The molecule has 0 saturated carbocycles. The molecule has 2 aliphatic rings. The zero-order valence-corrected chi connectivity index (χ0v) is 13.9. The van der Waals surface area contributed by atoms with Crippen LogP contribution in [0.2, 0.25) is 0 Å². The number of carbonyl (C=O) groups excluding carboxylic acids is 1. The molecule has 1 aliphatic carbocycles. The van der Waals surface area contributed by atoms with Crippen molar-refractivity contribution in [3.8, 4) is 0 Å². The van der Waals surface area contributed by atoms with E-state index in [1.165, 1.54) is 23.3 Å². The second kappa shape index (κ2) is 6.15. The molecule has 0 unspecified atom stereocenters. The SMILES string of the molecule is Cc1cccc(NC(=O)N2CCc3[nH]nc(C4=CCCC4)c3C2)c1. The molecule has 5 heteroatoms. The van der Waals surface area contributed by atoms with E-state index in [0.717, 1.165) is 36.2 Å². The Kier molecular flexibility index (Phi) is 3.84. The van der Waals surface area contributed by atoms with Crippen LogP contribution in [0.5, 0.6) is 0 Å². The number of aromatic amines is 1. The molecule has 1 aromatic carbocycles. The van der Waals surface area contributed by atoms with Crippen LogP contribution in [0.1, 0.15) is 41.8 Å². The number of hydrogen-bond acceptors (Lipinski definition) is 2. The van der Waals surface area contributed by atoms with Crippen LogP contribution in [-0.2, 0) is 13.0 Å². The third-order valence-electron chi connectivity index (χ3n) is 4.84. The fraction of sp³-hybridized carbons (Fsp3) is 0.368. The standard InChI is InChI=1S/C19H22N4O/c1-13-5-4-8-15(11-13)20-19(24)23-10-9-17-16(12-23)18(22-21-17)14-6-2-3-7-14/h4-6,8,11H,2-3,7,9-10,12H2,1H3,(H,20,24)(H,21,22). The number of anilines is 1. The Labute approximate surface area is 141 Å². The summed E-state index contributed by atoms with van der Waals surface area (Å²) in [6, 6.07) is 7.85. The van der Waals surface area contributed by atoms with E-state index in [2.05, 4.69) is 21.6 Å². The van der Waals surface area contributed by atoms with E-state index >= 15 is 0 Å². The van der Waals surface area contributed by atoms with Gasteiger partial charge in [0.1, 0.15) is 0 Å². The number of nitrogens with one attached hydrogen (secondary N) is 2. The van der Waals surface area contributed by atoms with Crippen LogP contribution in [0.25, 0.3) is 5.57 Å². The monoisotopic (exact) mass is 322 g/mol. The van der Waals surface area contributed by atoms with Crippen LogP contribution < -0.4 is 5.32 Å².